The molecule has 1 saturated heterocycles. The van der Waals surface area contributed by atoms with Gasteiger partial charge in [0.2, 0.25) is 0 Å². The fourth-order valence-corrected chi connectivity index (χ4v) is 4.10. The van der Waals surface area contributed by atoms with Gasteiger partial charge < -0.3 is 27.2 Å². The second-order valence-corrected chi connectivity index (χ2v) is 6.98. The summed E-state index contributed by atoms with van der Waals surface area (Å²) < 4.78 is 24.4. The molecule has 8 nitrogen and oxygen atoms in total. The monoisotopic (exact) mass is 331 g/mol. The summed E-state index contributed by atoms with van der Waals surface area (Å²) in [5, 5.41) is 9.97. The highest BCUT2D eigenvalue weighted by atomic mass is 35.5. The normalized spacial score (nSPS) is 29.2. The highest BCUT2D eigenvalue weighted by molar-refractivity contribution is 7.92. The molecule has 3 aliphatic rings. The predicted molar refractivity (Wildman–Crippen MR) is 68.7 cm³/mol. The van der Waals surface area contributed by atoms with Crippen LogP contribution >= 0.6 is 0 Å². The largest absolute Gasteiger partial charge is 1.00 e. The van der Waals surface area contributed by atoms with Crippen LogP contribution in [0.15, 0.2) is 33.8 Å². The maximum Gasteiger partial charge on any atom is 0.198 e. The first-order valence-corrected chi connectivity index (χ1v) is 7.73. The van der Waals surface area contributed by atoms with E-state index < -0.39 is 21.2 Å². The highest BCUT2D eigenvalue weighted by Gasteiger charge is 2.41. The molecule has 0 spiro atoms. The Kier molecular flexibility index (Phi) is 4.17. The van der Waals surface area contributed by atoms with Crippen LogP contribution in [-0.2, 0) is 9.84 Å². The van der Waals surface area contributed by atoms with Crippen LogP contribution in [-0.4, -0.2) is 56.1 Å². The molecule has 2 unspecified atom stereocenters. The van der Waals surface area contributed by atoms with Crippen LogP contribution in [0.5, 0.6) is 0 Å². The SMILES string of the molecule is O=C([O-])N1CCS(=O)(=O)C(C2=C3C=NC=C[NH+]3C=N2)C1.[Cl-]. The second-order valence-electron chi connectivity index (χ2n) is 4.67. The van der Waals surface area contributed by atoms with Crippen molar-refractivity contribution in [2.75, 3.05) is 18.8 Å². The van der Waals surface area contributed by atoms with Gasteiger partial charge in [0.05, 0.1) is 18.2 Å². The fourth-order valence-electron chi connectivity index (χ4n) is 2.40. The van der Waals surface area contributed by atoms with E-state index in [0.717, 1.165) is 9.80 Å². The fraction of sp³-hybridized carbons (Fsp3) is 0.364. The van der Waals surface area contributed by atoms with Gasteiger partial charge in [0, 0.05) is 13.1 Å². The lowest BCUT2D eigenvalue weighted by atomic mass is 10.2. The van der Waals surface area contributed by atoms with Gasteiger partial charge in [-0.1, -0.05) is 0 Å². The van der Waals surface area contributed by atoms with E-state index in [4.69, 9.17) is 0 Å². The van der Waals surface area contributed by atoms with E-state index in [-0.39, 0.29) is 31.2 Å². The zero-order valence-corrected chi connectivity index (χ0v) is 12.3. The molecule has 3 heterocycles. The van der Waals surface area contributed by atoms with Crippen molar-refractivity contribution in [3.8, 4) is 0 Å². The molecule has 114 valence electrons. The number of carboxylic acid groups (broad SMARTS) is 1. The molecule has 0 aliphatic carbocycles. The summed E-state index contributed by atoms with van der Waals surface area (Å²) in [7, 11) is -3.43. The summed E-state index contributed by atoms with van der Waals surface area (Å²) in [5.41, 5.74) is 1.00. The molecule has 10 heteroatoms. The molecule has 1 fully saturated rings. The third kappa shape index (κ3) is 2.71. The number of aliphatic imine (C=N–C) groups is 2. The Labute approximate surface area is 127 Å². The summed E-state index contributed by atoms with van der Waals surface area (Å²) in [5.74, 6) is -0.222. The zero-order chi connectivity index (χ0) is 14.3. The van der Waals surface area contributed by atoms with Crippen molar-refractivity contribution >= 4 is 28.5 Å². The standard InChI is InChI=1S/C11H12N4O4S.ClH/c16-11(17)14-3-4-20(18,19)9(6-14)10-8-5-12-1-2-15(8)7-13-10;/h1-2,5,7,9H,3-4,6H2,(H,16,17);1H/p-1. The van der Waals surface area contributed by atoms with Crippen molar-refractivity contribution in [3.05, 3.63) is 23.8 Å². The molecule has 3 aliphatic heterocycles. The molecule has 0 aromatic carbocycles. The zero-order valence-electron chi connectivity index (χ0n) is 10.8. The first kappa shape index (κ1) is 15.7. The minimum Gasteiger partial charge on any atom is -1.00 e. The molecule has 3 rings (SSSR count). The van der Waals surface area contributed by atoms with E-state index in [0.29, 0.717) is 11.4 Å². The van der Waals surface area contributed by atoms with Crippen LogP contribution in [0.2, 0.25) is 0 Å². The third-order valence-electron chi connectivity index (χ3n) is 3.50. The van der Waals surface area contributed by atoms with Gasteiger partial charge in [0.15, 0.2) is 21.9 Å². The number of halogens is 1. The second kappa shape index (κ2) is 5.58. The van der Waals surface area contributed by atoms with Crippen molar-refractivity contribution in [2.24, 2.45) is 9.98 Å². The number of carbonyl (C=O) groups is 1. The van der Waals surface area contributed by atoms with Crippen LogP contribution < -0.4 is 22.4 Å². The summed E-state index contributed by atoms with van der Waals surface area (Å²) in [4.78, 5) is 20.8. The van der Waals surface area contributed by atoms with Gasteiger partial charge in [-0.2, -0.15) is 4.99 Å². The number of hydrogen-bond acceptors (Lipinski definition) is 6. The van der Waals surface area contributed by atoms with Crippen LogP contribution in [0.1, 0.15) is 0 Å². The molecule has 0 saturated carbocycles. The van der Waals surface area contributed by atoms with Gasteiger partial charge in [-0.25, -0.2) is 13.3 Å². The van der Waals surface area contributed by atoms with Crippen LogP contribution in [0, 0.1) is 0 Å². The summed E-state index contributed by atoms with van der Waals surface area (Å²) in [6.45, 7) is -0.205. The highest BCUT2D eigenvalue weighted by Crippen LogP contribution is 2.23. The van der Waals surface area contributed by atoms with Gasteiger partial charge in [-0.15, -0.1) is 0 Å². The lowest BCUT2D eigenvalue weighted by molar-refractivity contribution is -0.682. The number of nitrogens with one attached hydrogen (secondary N) is 1. The summed E-state index contributed by atoms with van der Waals surface area (Å²) in [6.07, 6.45) is 5.08. The Bertz CT molecular complexity index is 682. The number of rotatable bonds is 1. The first-order valence-electron chi connectivity index (χ1n) is 6.02. The maximum atomic E-state index is 12.2. The average molecular weight is 332 g/mol. The lowest BCUT2D eigenvalue weighted by Gasteiger charge is -2.33. The third-order valence-corrected chi connectivity index (χ3v) is 5.49. The average Bonchev–Trinajstić information content (AvgIpc) is 2.82. The Morgan fingerprint density at radius 1 is 1.48 bits per heavy atom. The van der Waals surface area contributed by atoms with Crippen molar-refractivity contribution in [1.29, 1.82) is 0 Å². The number of allylic oxidation sites excluding steroid dienone is 1. The Balaban J connectivity index is 0.00000161. The van der Waals surface area contributed by atoms with Gasteiger partial charge in [0.25, 0.3) is 0 Å². The molecule has 1 amide bonds. The van der Waals surface area contributed by atoms with Gasteiger partial charge in [0.1, 0.15) is 23.2 Å². The van der Waals surface area contributed by atoms with Gasteiger partial charge in [-0.3, -0.25) is 4.99 Å². The molecule has 0 aromatic heterocycles. The molecule has 0 bridgehead atoms. The Morgan fingerprint density at radius 2 is 2.24 bits per heavy atom. The van der Waals surface area contributed by atoms with Crippen molar-refractivity contribution in [1.82, 2.24) is 4.90 Å². The van der Waals surface area contributed by atoms with E-state index in [1.54, 1.807) is 25.0 Å². The Morgan fingerprint density at radius 3 is 2.95 bits per heavy atom. The minimum atomic E-state index is -3.43. The van der Waals surface area contributed by atoms with Crippen molar-refractivity contribution < 1.29 is 35.6 Å². The number of amides is 1. The number of sulfone groups is 1. The summed E-state index contributed by atoms with van der Waals surface area (Å²) >= 11 is 0. The molecule has 0 radical (unpaired) electrons. The number of carbonyl (C=O) groups excluding carboxylic acids is 1. The topological polar surface area (TPSA) is 107 Å². The van der Waals surface area contributed by atoms with Gasteiger partial charge >= 0.3 is 0 Å². The lowest BCUT2D eigenvalue weighted by Crippen LogP contribution is -3.04. The summed E-state index contributed by atoms with van der Waals surface area (Å²) in [6, 6.07) is 0. The molecular weight excluding hydrogens is 320 g/mol. The molecule has 1 N–H and O–H groups in total. The number of hydrogen-bond donors (Lipinski definition) is 1. The number of nitrogens with zero attached hydrogens (tertiary/aromatic N) is 3. The van der Waals surface area contributed by atoms with Gasteiger partial charge in [-0.05, 0) is 0 Å². The van der Waals surface area contributed by atoms with E-state index in [1.807, 2.05) is 0 Å². The molecule has 21 heavy (non-hydrogen) atoms. The van der Waals surface area contributed by atoms with Crippen LogP contribution in [0.3, 0.4) is 0 Å². The van der Waals surface area contributed by atoms with Crippen molar-refractivity contribution in [3.63, 3.8) is 0 Å². The van der Waals surface area contributed by atoms with E-state index in [2.05, 4.69) is 9.98 Å². The quantitative estimate of drug-likeness (QED) is 0.516. The molecular formula is C11H12ClN4O4S-. The van der Waals surface area contributed by atoms with Crippen LogP contribution in [0.25, 0.3) is 0 Å². The molecule has 0 aromatic rings. The predicted octanol–water partition coefficient (Wildman–Crippen LogP) is -5.87. The van der Waals surface area contributed by atoms with E-state index in [1.165, 1.54) is 0 Å². The number of quaternary nitrogens is 1. The number of fused-ring (bicyclic) bond motifs is 1. The van der Waals surface area contributed by atoms with Crippen molar-refractivity contribution in [2.45, 2.75) is 5.25 Å². The minimum absolute atomic E-state index is 0. The molecule has 2 atom stereocenters. The van der Waals surface area contributed by atoms with Crippen LogP contribution in [0.4, 0.5) is 4.79 Å². The maximum absolute atomic E-state index is 12.2. The Hall–Kier alpha value is -1.71. The first-order chi connectivity index (χ1) is 9.49. The van der Waals surface area contributed by atoms with E-state index in [9.17, 15) is 18.3 Å². The van der Waals surface area contributed by atoms with E-state index >= 15 is 0 Å². The smallest absolute Gasteiger partial charge is 0.198 e.